The monoisotopic (exact) mass is 285 g/mol. The molecule has 1 saturated heterocycles. The zero-order valence-corrected chi connectivity index (χ0v) is 11.5. The molecule has 1 atom stereocenters. The molecule has 19 heavy (non-hydrogen) atoms. The number of alkyl halides is 1. The molecule has 2 rings (SSSR count). The number of halogens is 2. The van der Waals surface area contributed by atoms with Gasteiger partial charge in [0.15, 0.2) is 0 Å². The number of hydrogen-bond donors (Lipinski definition) is 1. The highest BCUT2D eigenvalue weighted by Gasteiger charge is 2.42. The maximum atomic E-state index is 13.2. The number of pyridine rings is 1. The second kappa shape index (κ2) is 5.43. The number of aromatic nitrogens is 1. The summed E-state index contributed by atoms with van der Waals surface area (Å²) in [6, 6.07) is 3.36. The molecule has 104 valence electrons. The molecule has 1 fully saturated rings. The van der Waals surface area contributed by atoms with Crippen LogP contribution in [0.2, 0.25) is 5.02 Å². The van der Waals surface area contributed by atoms with Gasteiger partial charge in [-0.2, -0.15) is 0 Å². The number of amides is 1. The van der Waals surface area contributed by atoms with Gasteiger partial charge >= 0.3 is 0 Å². The van der Waals surface area contributed by atoms with E-state index in [1.54, 1.807) is 19.1 Å². The maximum Gasteiger partial charge on any atom is 0.243 e. The lowest BCUT2D eigenvalue weighted by atomic mass is 9.91. The second-order valence-electron chi connectivity index (χ2n) is 4.96. The number of rotatable bonds is 3. The van der Waals surface area contributed by atoms with Gasteiger partial charge in [-0.15, -0.1) is 0 Å². The van der Waals surface area contributed by atoms with Crippen molar-refractivity contribution >= 4 is 17.5 Å². The molecular formula is C13H17ClFN3O. The van der Waals surface area contributed by atoms with Crippen molar-refractivity contribution in [1.29, 1.82) is 0 Å². The van der Waals surface area contributed by atoms with E-state index in [-0.39, 0.29) is 0 Å². The van der Waals surface area contributed by atoms with Crippen LogP contribution in [0, 0.1) is 0 Å². The van der Waals surface area contributed by atoms with Gasteiger partial charge in [-0.25, -0.2) is 4.39 Å². The van der Waals surface area contributed by atoms with Crippen LogP contribution in [-0.4, -0.2) is 35.1 Å². The predicted octanol–water partition coefficient (Wildman–Crippen LogP) is 1.87. The maximum absolute atomic E-state index is 13.2. The lowest BCUT2D eigenvalue weighted by molar-refractivity contribution is -0.131. The Kier molecular flexibility index (Phi) is 4.06. The Morgan fingerprint density at radius 2 is 2.16 bits per heavy atom. The number of likely N-dealkylation sites (tertiary alicyclic amines) is 1. The van der Waals surface area contributed by atoms with Crippen LogP contribution in [0.4, 0.5) is 4.39 Å². The first-order valence-corrected chi connectivity index (χ1v) is 6.63. The third kappa shape index (κ3) is 2.72. The average molecular weight is 286 g/mol. The van der Waals surface area contributed by atoms with Gasteiger partial charge in [0, 0.05) is 19.3 Å². The molecule has 1 aliphatic rings. The zero-order chi connectivity index (χ0) is 14.0. The van der Waals surface area contributed by atoms with Crippen molar-refractivity contribution in [2.75, 3.05) is 13.1 Å². The van der Waals surface area contributed by atoms with Gasteiger partial charge in [-0.05, 0) is 31.9 Å². The van der Waals surface area contributed by atoms with Crippen molar-refractivity contribution in [2.45, 2.75) is 31.5 Å². The smallest absolute Gasteiger partial charge is 0.243 e. The summed E-state index contributed by atoms with van der Waals surface area (Å²) in [6.45, 7) is 2.71. The van der Waals surface area contributed by atoms with E-state index in [0.29, 0.717) is 36.6 Å². The molecule has 6 heteroatoms. The lowest BCUT2D eigenvalue weighted by Crippen LogP contribution is -2.56. The molecule has 2 heterocycles. The summed E-state index contributed by atoms with van der Waals surface area (Å²) < 4.78 is 13.2. The Balaban J connectivity index is 2.32. The average Bonchev–Trinajstić information content (AvgIpc) is 2.39. The Hall–Kier alpha value is -1.20. The van der Waals surface area contributed by atoms with Crippen LogP contribution in [0.25, 0.3) is 0 Å². The largest absolute Gasteiger partial charge is 0.368 e. The Labute approximate surface area is 116 Å². The minimum Gasteiger partial charge on any atom is -0.368 e. The molecule has 0 spiro atoms. The van der Waals surface area contributed by atoms with E-state index in [9.17, 15) is 9.18 Å². The van der Waals surface area contributed by atoms with E-state index in [1.807, 2.05) is 4.90 Å². The molecule has 1 amide bonds. The van der Waals surface area contributed by atoms with Crippen molar-refractivity contribution in [1.82, 2.24) is 9.88 Å². The summed E-state index contributed by atoms with van der Waals surface area (Å²) in [5.41, 5.74) is 5.08. The Morgan fingerprint density at radius 1 is 1.53 bits per heavy atom. The summed E-state index contributed by atoms with van der Waals surface area (Å²) in [5.74, 6) is -0.486. The molecule has 0 saturated carbocycles. The highest BCUT2D eigenvalue weighted by Crippen LogP contribution is 2.30. The molecule has 0 radical (unpaired) electrons. The second-order valence-corrected chi connectivity index (χ2v) is 5.40. The Morgan fingerprint density at radius 3 is 2.63 bits per heavy atom. The highest BCUT2D eigenvalue weighted by atomic mass is 35.5. The van der Waals surface area contributed by atoms with Gasteiger partial charge < -0.3 is 5.73 Å². The minimum absolute atomic E-state index is 0.413. The molecule has 2 N–H and O–H groups in total. The number of nitrogens with two attached hydrogens (primary N) is 1. The molecular weight excluding hydrogens is 269 g/mol. The van der Waals surface area contributed by atoms with Crippen LogP contribution in [0.15, 0.2) is 18.3 Å². The molecule has 1 aliphatic heterocycles. The summed E-state index contributed by atoms with van der Waals surface area (Å²) in [4.78, 5) is 18.0. The van der Waals surface area contributed by atoms with E-state index in [1.165, 1.54) is 6.20 Å². The van der Waals surface area contributed by atoms with Crippen LogP contribution in [0.1, 0.15) is 25.5 Å². The normalized spacial score (nSPS) is 21.0. The summed E-state index contributed by atoms with van der Waals surface area (Å²) in [5, 5.41) is 0.498. The van der Waals surface area contributed by atoms with Crippen LogP contribution in [0.3, 0.4) is 0 Å². The number of carbonyl (C=O) groups is 1. The summed E-state index contributed by atoms with van der Waals surface area (Å²) in [7, 11) is 0. The number of piperidine rings is 1. The van der Waals surface area contributed by atoms with E-state index in [4.69, 9.17) is 17.3 Å². The number of primary amides is 1. The molecule has 1 aromatic rings. The number of carbonyl (C=O) groups excluding carboxylic acids is 1. The fraction of sp³-hybridized carbons (Fsp3) is 0.538. The van der Waals surface area contributed by atoms with Crippen LogP contribution >= 0.6 is 11.6 Å². The lowest BCUT2D eigenvalue weighted by Gasteiger charge is -2.41. The van der Waals surface area contributed by atoms with E-state index >= 15 is 0 Å². The van der Waals surface area contributed by atoms with Gasteiger partial charge in [0.2, 0.25) is 5.91 Å². The van der Waals surface area contributed by atoms with Crippen LogP contribution < -0.4 is 5.73 Å². The van der Waals surface area contributed by atoms with Gasteiger partial charge in [-0.1, -0.05) is 11.6 Å². The van der Waals surface area contributed by atoms with Crippen molar-refractivity contribution in [3.05, 3.63) is 29.0 Å². The SMILES string of the molecule is CC(C(N)=O)(c1ccc(Cl)cn1)N1CCC(F)CC1. The third-order valence-corrected chi connectivity index (χ3v) is 3.99. The minimum atomic E-state index is -1.02. The predicted molar refractivity (Wildman–Crippen MR) is 71.5 cm³/mol. The van der Waals surface area contributed by atoms with Gasteiger partial charge in [0.25, 0.3) is 0 Å². The zero-order valence-electron chi connectivity index (χ0n) is 10.8. The van der Waals surface area contributed by atoms with Crippen LogP contribution in [-0.2, 0) is 10.3 Å². The Bertz CT molecular complexity index is 459. The standard InChI is InChI=1S/C13H17ClFN3O/c1-13(12(16)19,11-3-2-9(14)8-17-11)18-6-4-10(15)5-7-18/h2-3,8,10H,4-7H2,1H3,(H2,16,19). The van der Waals surface area contributed by atoms with Crippen molar-refractivity contribution < 1.29 is 9.18 Å². The molecule has 0 bridgehead atoms. The molecule has 4 nitrogen and oxygen atoms in total. The first kappa shape index (κ1) is 14.2. The first-order valence-electron chi connectivity index (χ1n) is 6.25. The van der Waals surface area contributed by atoms with E-state index < -0.39 is 17.6 Å². The van der Waals surface area contributed by atoms with Gasteiger partial charge in [-0.3, -0.25) is 14.7 Å². The third-order valence-electron chi connectivity index (χ3n) is 3.76. The van der Waals surface area contributed by atoms with Gasteiger partial charge in [0.05, 0.1) is 10.7 Å². The topological polar surface area (TPSA) is 59.2 Å². The molecule has 1 aromatic heterocycles. The van der Waals surface area contributed by atoms with Crippen LogP contribution in [0.5, 0.6) is 0 Å². The highest BCUT2D eigenvalue weighted by molar-refractivity contribution is 6.30. The van der Waals surface area contributed by atoms with E-state index in [0.717, 1.165) is 0 Å². The van der Waals surface area contributed by atoms with Gasteiger partial charge in [0.1, 0.15) is 11.7 Å². The first-order chi connectivity index (χ1) is 8.94. The van der Waals surface area contributed by atoms with Crippen molar-refractivity contribution in [3.63, 3.8) is 0 Å². The summed E-state index contributed by atoms with van der Waals surface area (Å²) >= 11 is 5.80. The number of nitrogens with zero attached hydrogens (tertiary/aromatic N) is 2. The van der Waals surface area contributed by atoms with E-state index in [2.05, 4.69) is 4.98 Å². The summed E-state index contributed by atoms with van der Waals surface area (Å²) in [6.07, 6.45) is 1.51. The number of hydrogen-bond acceptors (Lipinski definition) is 3. The van der Waals surface area contributed by atoms with Crippen molar-refractivity contribution in [2.24, 2.45) is 5.73 Å². The molecule has 0 aliphatic carbocycles. The fourth-order valence-corrected chi connectivity index (χ4v) is 2.51. The fourth-order valence-electron chi connectivity index (χ4n) is 2.40. The molecule has 1 unspecified atom stereocenters. The molecule has 0 aromatic carbocycles. The quantitative estimate of drug-likeness (QED) is 0.922. The van der Waals surface area contributed by atoms with Crippen molar-refractivity contribution in [3.8, 4) is 0 Å².